The van der Waals surface area contributed by atoms with Crippen LogP contribution in [0.2, 0.25) is 0 Å². The fraction of sp³-hybridized carbons (Fsp3) is 0.740. The van der Waals surface area contributed by atoms with Crippen molar-refractivity contribution >= 4 is 81.6 Å². The van der Waals surface area contributed by atoms with E-state index in [4.69, 9.17) is 9.72 Å². The van der Waals surface area contributed by atoms with Gasteiger partial charge in [0.05, 0.1) is 47.4 Å². The number of aromatic amines is 1. The molecule has 0 bridgehead atoms. The second kappa shape index (κ2) is 37.2. The lowest BCUT2D eigenvalue weighted by atomic mass is 9.84. The Morgan fingerprint density at radius 1 is 0.557 bits per heavy atom. The molecule has 0 spiro atoms. The first-order valence-corrected chi connectivity index (χ1v) is 35.0. The third-order valence-corrected chi connectivity index (χ3v) is 18.9. The average Bonchev–Trinajstić information content (AvgIpc) is 1.50. The summed E-state index contributed by atoms with van der Waals surface area (Å²) in [6.45, 7) is 31.5. The number of aromatic nitrogens is 2. The van der Waals surface area contributed by atoms with Gasteiger partial charge in [0, 0.05) is 92.8 Å². The molecule has 24 nitrogen and oxygen atoms in total. The molecule has 1 aliphatic rings. The van der Waals surface area contributed by atoms with E-state index in [1.807, 2.05) is 55.4 Å². The molecule has 1 fully saturated rings. The number of amides is 8. The van der Waals surface area contributed by atoms with E-state index < -0.39 is 167 Å². The molecule has 2 heterocycles. The molecule has 2 aromatic rings. The van der Waals surface area contributed by atoms with Crippen molar-refractivity contribution in [2.75, 3.05) is 55.9 Å². The van der Waals surface area contributed by atoms with E-state index in [1.54, 1.807) is 80.5 Å². The van der Waals surface area contributed by atoms with Crippen molar-refractivity contribution in [2.45, 2.75) is 237 Å². The Bertz CT molecular complexity index is 3080. The third kappa shape index (κ3) is 22.7. The molecule has 1 saturated heterocycles. The van der Waals surface area contributed by atoms with Crippen LogP contribution < -0.4 is 5.32 Å². The zero-order valence-electron chi connectivity index (χ0n) is 63.1. The van der Waals surface area contributed by atoms with E-state index in [-0.39, 0.29) is 86.7 Å². The number of H-pyrrole nitrogens is 1. The van der Waals surface area contributed by atoms with Gasteiger partial charge in [-0.25, -0.2) is 9.78 Å². The molecule has 24 heteroatoms. The molecule has 1 aromatic heterocycles. The molecule has 1 aromatic carbocycles. The number of aliphatic hydroxyl groups excluding tert-OH is 1. The number of carbonyl (C=O) groups excluding carboxylic acids is 12. The summed E-state index contributed by atoms with van der Waals surface area (Å²) in [5.74, 6) is -11.9. The van der Waals surface area contributed by atoms with E-state index in [2.05, 4.69) is 10.3 Å². The Kier molecular flexibility index (Phi) is 32.2. The second-order valence-electron chi connectivity index (χ2n) is 30.3. The minimum Gasteiger partial charge on any atom is -0.459 e. The van der Waals surface area contributed by atoms with Gasteiger partial charge in [0.25, 0.3) is 0 Å². The molecular formula is C73H120N10O14. The number of carbonyl (C=O) groups is 12. The Morgan fingerprint density at radius 3 is 1.53 bits per heavy atom. The topological polar surface area (TPSA) is 298 Å². The monoisotopic (exact) mass is 1360 g/mol. The lowest BCUT2D eigenvalue weighted by Gasteiger charge is -2.41. The predicted octanol–water partition coefficient (Wildman–Crippen LogP) is 7.26. The van der Waals surface area contributed by atoms with Crippen LogP contribution in [0.3, 0.4) is 0 Å². The number of fused-ring (bicyclic) bond motifs is 1. The highest BCUT2D eigenvalue weighted by atomic mass is 16.5. The van der Waals surface area contributed by atoms with Gasteiger partial charge in [-0.15, -0.1) is 0 Å². The Morgan fingerprint density at radius 2 is 1.03 bits per heavy atom. The van der Waals surface area contributed by atoms with Crippen molar-refractivity contribution in [3.8, 4) is 0 Å². The van der Waals surface area contributed by atoms with E-state index in [0.29, 0.717) is 16.9 Å². The minimum atomic E-state index is -1.64. The number of imidazole rings is 1. The fourth-order valence-corrected chi connectivity index (χ4v) is 13.0. The van der Waals surface area contributed by atoms with Crippen LogP contribution in [0.15, 0.2) is 18.2 Å². The standard InChI is InChI=1S/C73H120N10O14/c1-26-49-36-60(86)64(65(88)46(16)34-61-75-52-28-27-50(35-53(52)76-61)73(96)97-45(14)15)83(25)72(95)63(44(12)13)82(24)71(94)57(32-42(8)9)81(23)70(93)56(31-41(6)7)80(22)67(90)48(18)74-66(89)47(17)33-58(84)55(30-40(4)5)79(21)69(92)51(43(10)11)37-59(85)54(29-39(2)3)78(20)62(87)38-77(19)68(49)91/h27-28,35,39-49,51,54-57,63-65,88H,26,29-34,36-38H2,1-25H3,(H,74,89)(H,75,76)/t46-,47-,48-,49-,51+,54+,55+,56+,57+,63+,64-,65-/m1/s1. The molecule has 3 N–H and O–H groups in total. The number of hydrogen-bond acceptors (Lipinski definition) is 15. The number of esters is 1. The summed E-state index contributed by atoms with van der Waals surface area (Å²) in [6.07, 6.45) is -2.24. The zero-order valence-corrected chi connectivity index (χ0v) is 63.1. The predicted molar refractivity (Wildman–Crippen MR) is 373 cm³/mol. The van der Waals surface area contributed by atoms with Crippen molar-refractivity contribution in [1.29, 1.82) is 0 Å². The van der Waals surface area contributed by atoms with Gasteiger partial charge in [-0.05, 0) is 112 Å². The summed E-state index contributed by atoms with van der Waals surface area (Å²) in [7, 11) is 10.1. The van der Waals surface area contributed by atoms with E-state index in [9.17, 15) is 43.5 Å². The molecule has 12 atom stereocenters. The van der Waals surface area contributed by atoms with Gasteiger partial charge in [-0.2, -0.15) is 0 Å². The third-order valence-electron chi connectivity index (χ3n) is 18.9. The number of nitrogens with one attached hydrogen (secondary N) is 2. The number of benzene rings is 1. The van der Waals surface area contributed by atoms with Gasteiger partial charge in [0.2, 0.25) is 47.3 Å². The Balaban J connectivity index is 2.34. The van der Waals surface area contributed by atoms with E-state index >= 15 is 19.2 Å². The number of ether oxygens (including phenoxy) is 1. The quantitative estimate of drug-likeness (QED) is 0.131. The van der Waals surface area contributed by atoms with Crippen LogP contribution in [0.1, 0.15) is 192 Å². The van der Waals surface area contributed by atoms with Gasteiger partial charge < -0.3 is 54.4 Å². The largest absolute Gasteiger partial charge is 0.459 e. The Labute approximate surface area is 577 Å². The van der Waals surface area contributed by atoms with Crippen molar-refractivity contribution in [2.24, 2.45) is 59.2 Å². The summed E-state index contributed by atoms with van der Waals surface area (Å²) in [4.78, 5) is 193. The maximum atomic E-state index is 15.5. The fourth-order valence-electron chi connectivity index (χ4n) is 13.0. The second-order valence-corrected chi connectivity index (χ2v) is 30.3. The molecular weight excluding hydrogens is 1240 g/mol. The number of hydrogen-bond donors (Lipinski definition) is 3. The highest BCUT2D eigenvalue weighted by Gasteiger charge is 2.46. The van der Waals surface area contributed by atoms with Crippen molar-refractivity contribution < 1.29 is 67.4 Å². The normalized spacial score (nSPS) is 25.2. The minimum absolute atomic E-state index is 0.0298. The van der Waals surface area contributed by atoms with Crippen molar-refractivity contribution in [3.05, 3.63) is 29.6 Å². The van der Waals surface area contributed by atoms with Gasteiger partial charge in [-0.3, -0.25) is 52.7 Å². The van der Waals surface area contributed by atoms with Gasteiger partial charge in [-0.1, -0.05) is 104 Å². The molecule has 97 heavy (non-hydrogen) atoms. The van der Waals surface area contributed by atoms with Crippen LogP contribution in [0, 0.1) is 59.2 Å². The number of ketones is 3. The van der Waals surface area contributed by atoms with Crippen molar-refractivity contribution in [1.82, 2.24) is 49.6 Å². The highest BCUT2D eigenvalue weighted by Crippen LogP contribution is 2.30. The van der Waals surface area contributed by atoms with Crippen LogP contribution in [-0.4, -0.2) is 230 Å². The van der Waals surface area contributed by atoms with Crippen molar-refractivity contribution in [3.63, 3.8) is 0 Å². The maximum Gasteiger partial charge on any atom is 0.338 e. The number of Topliss-reactive ketones (excluding diaryl/α,β-unsaturated/α-hetero) is 3. The SMILES string of the molecule is CC[C@@H]1CC(=O)[C@H]([C@H](O)[C@H](C)Cc2nc3ccc(C(=O)OC(C)C)cc3[nH]2)N(C)C(=O)[C@H](C(C)C)N(C)C(=O)[C@H](CC(C)C)N(C)C(=O)[C@H](CC(C)C)N(C)C(=O)[C@@H](C)NC(=O)[C@H](C)CC(=O)[C@H](CC(C)C)N(C)C(=O)[C@H](C(C)C)CC(=O)[C@H](CC(C)C)N(C)C(=O)CN(C)C1=O. The van der Waals surface area contributed by atoms with E-state index in [0.717, 1.165) is 4.90 Å². The van der Waals surface area contributed by atoms with Crippen LogP contribution in [0.5, 0.6) is 0 Å². The van der Waals surface area contributed by atoms with Crippen LogP contribution in [-0.2, 0) is 63.9 Å². The van der Waals surface area contributed by atoms with Gasteiger partial charge >= 0.3 is 5.97 Å². The van der Waals surface area contributed by atoms with Gasteiger partial charge in [0.15, 0.2) is 17.3 Å². The molecule has 3 rings (SSSR count). The summed E-state index contributed by atoms with van der Waals surface area (Å²) < 4.78 is 5.40. The summed E-state index contributed by atoms with van der Waals surface area (Å²) in [5.41, 5.74) is 1.30. The smallest absolute Gasteiger partial charge is 0.338 e. The molecule has 546 valence electrons. The average molecular weight is 1360 g/mol. The van der Waals surface area contributed by atoms with Gasteiger partial charge in [0.1, 0.15) is 36.0 Å². The van der Waals surface area contributed by atoms with Crippen LogP contribution in [0.25, 0.3) is 11.0 Å². The number of aliphatic hydroxyl groups is 1. The molecule has 0 radical (unpaired) electrons. The molecule has 0 saturated carbocycles. The van der Waals surface area contributed by atoms with E-state index in [1.165, 1.54) is 85.7 Å². The maximum absolute atomic E-state index is 15.5. The molecule has 8 amide bonds. The lowest BCUT2D eigenvalue weighted by Crippen LogP contribution is -2.62. The summed E-state index contributed by atoms with van der Waals surface area (Å²) in [6, 6.07) is -3.67. The molecule has 1 aliphatic heterocycles. The number of rotatable bonds is 17. The zero-order chi connectivity index (χ0) is 74.3. The first-order valence-electron chi connectivity index (χ1n) is 35.0. The summed E-state index contributed by atoms with van der Waals surface area (Å²) >= 11 is 0. The number of nitrogens with zero attached hydrogens (tertiary/aromatic N) is 8. The number of likely N-dealkylation sites (N-methyl/N-ethyl adjacent to an activating group) is 7. The molecule has 0 aliphatic carbocycles. The Hall–Kier alpha value is -7.11. The highest BCUT2D eigenvalue weighted by molar-refractivity contribution is 6.00. The van der Waals surface area contributed by atoms with Crippen LogP contribution >= 0.6 is 0 Å². The first-order chi connectivity index (χ1) is 44.9. The first kappa shape index (κ1) is 84.1. The van der Waals surface area contributed by atoms with Crippen LogP contribution in [0.4, 0.5) is 0 Å². The molecule has 0 unspecified atom stereocenters. The summed E-state index contributed by atoms with van der Waals surface area (Å²) in [5, 5.41) is 15.4. The lowest BCUT2D eigenvalue weighted by molar-refractivity contribution is -0.157.